The van der Waals surface area contributed by atoms with E-state index in [9.17, 15) is 4.79 Å². The second-order valence-corrected chi connectivity index (χ2v) is 3.45. The molecule has 1 amide bonds. The summed E-state index contributed by atoms with van der Waals surface area (Å²) in [6, 6.07) is 1.84. The minimum Gasteiger partial charge on any atom is -0.396 e. The Hall–Kier alpha value is -1.78. The number of carbonyl (C=O) groups excluding carboxylic acids is 1. The third kappa shape index (κ3) is 2.83. The summed E-state index contributed by atoms with van der Waals surface area (Å²) in [6.45, 7) is 2.17. The maximum Gasteiger partial charge on any atom is 0.239 e. The number of aryl methyl sites for hydroxylation is 1. The lowest BCUT2D eigenvalue weighted by Gasteiger charge is -2.18. The molecule has 0 saturated heterocycles. The van der Waals surface area contributed by atoms with Crippen LogP contribution in [0, 0.1) is 6.92 Å². The second kappa shape index (κ2) is 4.63. The average molecular weight is 208 g/mol. The van der Waals surface area contributed by atoms with Crippen molar-refractivity contribution < 1.29 is 4.79 Å². The number of hydrogen-bond acceptors (Lipinski definition) is 4. The number of aromatic nitrogens is 1. The number of rotatable bonds is 3. The van der Waals surface area contributed by atoms with E-state index in [0.29, 0.717) is 11.5 Å². The van der Waals surface area contributed by atoms with Crippen LogP contribution in [-0.2, 0) is 4.79 Å². The van der Waals surface area contributed by atoms with Gasteiger partial charge in [-0.15, -0.1) is 0 Å². The Morgan fingerprint density at radius 1 is 1.67 bits per heavy atom. The third-order valence-corrected chi connectivity index (χ3v) is 2.05. The van der Waals surface area contributed by atoms with E-state index in [-0.39, 0.29) is 12.5 Å². The number of nitrogens with zero attached hydrogens (tertiary/aromatic N) is 2. The summed E-state index contributed by atoms with van der Waals surface area (Å²) in [6.07, 6.45) is 1.73. The van der Waals surface area contributed by atoms with Gasteiger partial charge in [0, 0.05) is 20.3 Å². The highest BCUT2D eigenvalue weighted by molar-refractivity contribution is 5.81. The van der Waals surface area contributed by atoms with Crippen molar-refractivity contribution in [2.24, 2.45) is 0 Å². The van der Waals surface area contributed by atoms with Gasteiger partial charge in [-0.25, -0.2) is 4.98 Å². The van der Waals surface area contributed by atoms with Crippen molar-refractivity contribution in [2.75, 3.05) is 31.3 Å². The standard InChI is InChI=1S/C10H16N4O/c1-7-4-8(11)10(13-5-7)14(3)6-9(15)12-2/h4-5H,6,11H2,1-3H3,(H,12,15). The zero-order valence-corrected chi connectivity index (χ0v) is 9.24. The van der Waals surface area contributed by atoms with E-state index < -0.39 is 0 Å². The van der Waals surface area contributed by atoms with E-state index >= 15 is 0 Å². The second-order valence-electron chi connectivity index (χ2n) is 3.45. The fourth-order valence-electron chi connectivity index (χ4n) is 1.27. The first kappa shape index (κ1) is 11.3. The number of hydrogen-bond donors (Lipinski definition) is 2. The highest BCUT2D eigenvalue weighted by atomic mass is 16.1. The van der Waals surface area contributed by atoms with Crippen LogP contribution in [0.1, 0.15) is 5.56 Å². The molecular weight excluding hydrogens is 192 g/mol. The summed E-state index contributed by atoms with van der Waals surface area (Å²) in [5.41, 5.74) is 7.39. The SMILES string of the molecule is CNC(=O)CN(C)c1ncc(C)cc1N. The Morgan fingerprint density at radius 3 is 2.87 bits per heavy atom. The summed E-state index contributed by atoms with van der Waals surface area (Å²) in [5.74, 6) is 0.559. The van der Waals surface area contributed by atoms with Crippen molar-refractivity contribution in [1.82, 2.24) is 10.3 Å². The van der Waals surface area contributed by atoms with E-state index in [1.165, 1.54) is 0 Å². The molecule has 0 bridgehead atoms. The highest BCUT2D eigenvalue weighted by Crippen LogP contribution is 2.18. The van der Waals surface area contributed by atoms with Crippen LogP contribution in [0.5, 0.6) is 0 Å². The fraction of sp³-hybridized carbons (Fsp3) is 0.400. The summed E-state index contributed by atoms with van der Waals surface area (Å²) < 4.78 is 0. The van der Waals surface area contributed by atoms with E-state index in [0.717, 1.165) is 5.56 Å². The minimum atomic E-state index is -0.0701. The van der Waals surface area contributed by atoms with Crippen LogP contribution >= 0.6 is 0 Å². The van der Waals surface area contributed by atoms with Gasteiger partial charge in [0.2, 0.25) is 5.91 Å². The Morgan fingerprint density at radius 2 is 2.33 bits per heavy atom. The zero-order valence-electron chi connectivity index (χ0n) is 9.24. The van der Waals surface area contributed by atoms with Gasteiger partial charge in [0.25, 0.3) is 0 Å². The van der Waals surface area contributed by atoms with Gasteiger partial charge in [-0.2, -0.15) is 0 Å². The quantitative estimate of drug-likeness (QED) is 0.742. The van der Waals surface area contributed by atoms with Crippen molar-refractivity contribution >= 4 is 17.4 Å². The van der Waals surface area contributed by atoms with Crippen LogP contribution in [0.3, 0.4) is 0 Å². The van der Waals surface area contributed by atoms with Crippen molar-refractivity contribution in [3.8, 4) is 0 Å². The molecular formula is C10H16N4O. The van der Waals surface area contributed by atoms with E-state index in [4.69, 9.17) is 5.73 Å². The van der Waals surface area contributed by atoms with Crippen molar-refractivity contribution in [2.45, 2.75) is 6.92 Å². The summed E-state index contributed by atoms with van der Waals surface area (Å²) in [4.78, 5) is 17.1. The molecule has 1 aromatic heterocycles. The molecule has 3 N–H and O–H groups in total. The van der Waals surface area contributed by atoms with Crippen LogP contribution < -0.4 is 16.0 Å². The first-order valence-corrected chi connectivity index (χ1v) is 4.68. The van der Waals surface area contributed by atoms with Gasteiger partial charge in [0.1, 0.15) is 0 Å². The number of nitrogens with one attached hydrogen (secondary N) is 1. The molecule has 5 heteroatoms. The van der Waals surface area contributed by atoms with Gasteiger partial charge in [0.15, 0.2) is 5.82 Å². The molecule has 1 rings (SSSR count). The smallest absolute Gasteiger partial charge is 0.239 e. The number of pyridine rings is 1. The van der Waals surface area contributed by atoms with Crippen molar-refractivity contribution in [3.05, 3.63) is 17.8 Å². The summed E-state index contributed by atoms with van der Waals surface area (Å²) >= 11 is 0. The Kier molecular flexibility index (Phi) is 3.49. The molecule has 0 aromatic carbocycles. The molecule has 0 saturated carbocycles. The van der Waals surface area contributed by atoms with E-state index in [1.807, 2.05) is 13.0 Å². The monoisotopic (exact) mass is 208 g/mol. The molecule has 5 nitrogen and oxygen atoms in total. The largest absolute Gasteiger partial charge is 0.396 e. The van der Waals surface area contributed by atoms with Crippen LogP contribution in [-0.4, -0.2) is 31.5 Å². The molecule has 1 aromatic rings. The van der Waals surface area contributed by atoms with Crippen LogP contribution in [0.4, 0.5) is 11.5 Å². The predicted molar refractivity (Wildman–Crippen MR) is 60.7 cm³/mol. The number of carbonyl (C=O) groups is 1. The van der Waals surface area contributed by atoms with Crippen molar-refractivity contribution in [3.63, 3.8) is 0 Å². The Balaban J connectivity index is 2.82. The van der Waals surface area contributed by atoms with Gasteiger partial charge in [-0.05, 0) is 18.6 Å². The van der Waals surface area contributed by atoms with Gasteiger partial charge >= 0.3 is 0 Å². The maximum absolute atomic E-state index is 11.2. The van der Waals surface area contributed by atoms with E-state index in [2.05, 4.69) is 10.3 Å². The van der Waals surface area contributed by atoms with Gasteiger partial charge in [-0.3, -0.25) is 4.79 Å². The molecule has 0 aliphatic rings. The van der Waals surface area contributed by atoms with Crippen LogP contribution in [0.25, 0.3) is 0 Å². The van der Waals surface area contributed by atoms with Crippen LogP contribution in [0.2, 0.25) is 0 Å². The number of nitrogen functional groups attached to an aromatic ring is 1. The van der Waals surface area contributed by atoms with Crippen molar-refractivity contribution in [1.29, 1.82) is 0 Å². The molecule has 0 atom stereocenters. The lowest BCUT2D eigenvalue weighted by atomic mass is 10.3. The molecule has 0 aliphatic heterocycles. The number of likely N-dealkylation sites (N-methyl/N-ethyl adjacent to an activating group) is 2. The van der Waals surface area contributed by atoms with Crippen LogP contribution in [0.15, 0.2) is 12.3 Å². The fourth-order valence-corrected chi connectivity index (χ4v) is 1.27. The lowest BCUT2D eigenvalue weighted by molar-refractivity contribution is -0.119. The highest BCUT2D eigenvalue weighted by Gasteiger charge is 2.09. The lowest BCUT2D eigenvalue weighted by Crippen LogP contribution is -2.33. The molecule has 15 heavy (non-hydrogen) atoms. The molecule has 0 fully saturated rings. The minimum absolute atomic E-state index is 0.0701. The number of nitrogens with two attached hydrogens (primary N) is 1. The first-order chi connectivity index (χ1) is 7.04. The Labute approximate surface area is 89.3 Å². The molecule has 0 spiro atoms. The Bertz CT molecular complexity index is 364. The molecule has 82 valence electrons. The van der Waals surface area contributed by atoms with E-state index in [1.54, 1.807) is 25.2 Å². The van der Waals surface area contributed by atoms with Gasteiger partial charge < -0.3 is 16.0 Å². The number of anilines is 2. The zero-order chi connectivity index (χ0) is 11.4. The topological polar surface area (TPSA) is 71.2 Å². The molecule has 0 unspecified atom stereocenters. The van der Waals surface area contributed by atoms with Gasteiger partial charge in [0.05, 0.1) is 12.2 Å². The van der Waals surface area contributed by atoms with Gasteiger partial charge in [-0.1, -0.05) is 0 Å². The normalized spacial score (nSPS) is 9.80. The molecule has 1 heterocycles. The summed E-state index contributed by atoms with van der Waals surface area (Å²) in [5, 5.41) is 2.55. The maximum atomic E-state index is 11.2. The summed E-state index contributed by atoms with van der Waals surface area (Å²) in [7, 11) is 3.38. The third-order valence-electron chi connectivity index (χ3n) is 2.05. The molecule has 0 aliphatic carbocycles. The number of amides is 1. The average Bonchev–Trinajstić information content (AvgIpc) is 2.17. The first-order valence-electron chi connectivity index (χ1n) is 4.68. The molecule has 0 radical (unpaired) electrons. The predicted octanol–water partition coefficient (Wildman–Crippen LogP) is 0.154.